The van der Waals surface area contributed by atoms with Crippen LogP contribution < -0.4 is 9.62 Å². The van der Waals surface area contributed by atoms with Crippen LogP contribution in [0.15, 0.2) is 77.7 Å². The highest BCUT2D eigenvalue weighted by Gasteiger charge is 2.36. The molecule has 1 N–H and O–H groups in total. The second kappa shape index (κ2) is 12.7. The number of sulfonamides is 1. The Balaban J connectivity index is 2.17. The number of alkyl halides is 3. The van der Waals surface area contributed by atoms with Gasteiger partial charge in [0.25, 0.3) is 10.0 Å². The molecule has 7 nitrogen and oxygen atoms in total. The van der Waals surface area contributed by atoms with Crippen LogP contribution in [0.25, 0.3) is 0 Å². The second-order valence-electron chi connectivity index (χ2n) is 8.98. The fourth-order valence-electron chi connectivity index (χ4n) is 4.17. The summed E-state index contributed by atoms with van der Waals surface area (Å²) < 4.78 is 68.9. The van der Waals surface area contributed by atoms with Gasteiger partial charge in [0.2, 0.25) is 11.8 Å². The molecule has 0 spiro atoms. The van der Waals surface area contributed by atoms with E-state index in [4.69, 9.17) is 11.6 Å². The van der Waals surface area contributed by atoms with E-state index in [0.29, 0.717) is 15.9 Å². The fourth-order valence-corrected chi connectivity index (χ4v) is 5.89. The summed E-state index contributed by atoms with van der Waals surface area (Å²) in [5.41, 5.74) is -0.104. The minimum atomic E-state index is -4.80. The van der Waals surface area contributed by atoms with E-state index < -0.39 is 51.9 Å². The number of halogens is 4. The number of hydrogen-bond donors (Lipinski definition) is 1. The largest absolute Gasteiger partial charge is 0.416 e. The normalized spacial score (nSPS) is 12.5. The van der Waals surface area contributed by atoms with Crippen molar-refractivity contribution in [1.29, 1.82) is 0 Å². The van der Waals surface area contributed by atoms with Gasteiger partial charge < -0.3 is 10.2 Å². The van der Waals surface area contributed by atoms with Crippen LogP contribution in [0.4, 0.5) is 18.9 Å². The third-order valence-electron chi connectivity index (χ3n) is 6.39. The number of aryl methyl sites for hydroxylation is 1. The molecule has 0 saturated heterocycles. The van der Waals surface area contributed by atoms with E-state index in [1.165, 1.54) is 36.2 Å². The molecule has 0 aliphatic carbocycles. The van der Waals surface area contributed by atoms with Gasteiger partial charge in [0.05, 0.1) is 21.2 Å². The molecule has 0 fully saturated rings. The van der Waals surface area contributed by atoms with Crippen LogP contribution in [0.3, 0.4) is 0 Å². The van der Waals surface area contributed by atoms with Crippen molar-refractivity contribution in [3.63, 3.8) is 0 Å². The van der Waals surface area contributed by atoms with Crippen LogP contribution in [0.1, 0.15) is 30.0 Å². The first-order valence-corrected chi connectivity index (χ1v) is 14.1. The lowest BCUT2D eigenvalue weighted by molar-refractivity contribution is -0.140. The standard InChI is InChI=1S/C28H29ClF3N3O4S/c1-4-24(27(37)33-3)34(17-20-11-9-8-10-19(20)2)26(36)18-35(40(38,39)22-12-6-5-7-13-22)25-16-21(28(30,31)32)14-15-23(25)29/h5-16,24H,4,17-18H2,1-3H3,(H,33,37)/t24-/m1/s1. The highest BCUT2D eigenvalue weighted by atomic mass is 35.5. The van der Waals surface area contributed by atoms with Gasteiger partial charge in [-0.05, 0) is 54.8 Å². The van der Waals surface area contributed by atoms with Crippen LogP contribution in [-0.4, -0.2) is 44.8 Å². The van der Waals surface area contributed by atoms with Gasteiger partial charge in [-0.15, -0.1) is 0 Å². The molecule has 40 heavy (non-hydrogen) atoms. The predicted octanol–water partition coefficient (Wildman–Crippen LogP) is 5.42. The summed E-state index contributed by atoms with van der Waals surface area (Å²) in [6.45, 7) is 2.58. The molecule has 0 saturated carbocycles. The number of carbonyl (C=O) groups is 2. The summed E-state index contributed by atoms with van der Waals surface area (Å²) in [7, 11) is -3.16. The van der Waals surface area contributed by atoms with E-state index in [1.54, 1.807) is 25.1 Å². The maximum absolute atomic E-state index is 13.9. The van der Waals surface area contributed by atoms with E-state index in [1.807, 2.05) is 19.1 Å². The van der Waals surface area contributed by atoms with Crippen molar-refractivity contribution in [2.45, 2.75) is 43.9 Å². The minimum absolute atomic E-state index is 0.0347. The van der Waals surface area contributed by atoms with Gasteiger partial charge in [-0.3, -0.25) is 13.9 Å². The minimum Gasteiger partial charge on any atom is -0.357 e. The van der Waals surface area contributed by atoms with Gasteiger partial charge in [0.15, 0.2) is 0 Å². The Kier molecular flexibility index (Phi) is 9.86. The lowest BCUT2D eigenvalue weighted by Gasteiger charge is -2.33. The lowest BCUT2D eigenvalue weighted by Crippen LogP contribution is -2.51. The van der Waals surface area contributed by atoms with Gasteiger partial charge in [-0.25, -0.2) is 8.42 Å². The number of amides is 2. The average Bonchev–Trinajstić information content (AvgIpc) is 2.92. The molecule has 0 aliphatic rings. The number of benzene rings is 3. The van der Waals surface area contributed by atoms with Crippen LogP contribution in [0, 0.1) is 6.92 Å². The Morgan fingerprint density at radius 1 is 1.00 bits per heavy atom. The number of nitrogens with one attached hydrogen (secondary N) is 1. The average molecular weight is 596 g/mol. The van der Waals surface area contributed by atoms with Crippen molar-refractivity contribution >= 4 is 39.1 Å². The Hall–Kier alpha value is -3.57. The first kappa shape index (κ1) is 31.0. The van der Waals surface area contributed by atoms with Gasteiger partial charge in [0.1, 0.15) is 12.6 Å². The monoisotopic (exact) mass is 595 g/mol. The number of likely N-dealkylation sites (N-methyl/N-ethyl adjacent to an activating group) is 1. The molecule has 0 aliphatic heterocycles. The molecule has 2 amide bonds. The molecular weight excluding hydrogens is 567 g/mol. The van der Waals surface area contributed by atoms with E-state index >= 15 is 0 Å². The third-order valence-corrected chi connectivity index (χ3v) is 8.48. The molecule has 0 radical (unpaired) electrons. The molecule has 3 rings (SSSR count). The Morgan fingerprint density at radius 3 is 2.20 bits per heavy atom. The summed E-state index contributed by atoms with van der Waals surface area (Å²) in [6, 6.07) is 15.4. The molecule has 3 aromatic rings. The third kappa shape index (κ3) is 6.95. The summed E-state index contributed by atoms with van der Waals surface area (Å²) in [5.74, 6) is -1.27. The van der Waals surface area contributed by atoms with Crippen LogP contribution in [0.2, 0.25) is 5.02 Å². The zero-order valence-electron chi connectivity index (χ0n) is 22.1. The SMILES string of the molecule is CC[C@H](C(=O)NC)N(Cc1ccccc1C)C(=O)CN(c1cc(C(F)(F)F)ccc1Cl)S(=O)(=O)c1ccccc1. The van der Waals surface area contributed by atoms with Crippen molar-refractivity contribution in [2.24, 2.45) is 0 Å². The van der Waals surface area contributed by atoms with Crippen LogP contribution in [0.5, 0.6) is 0 Å². The summed E-state index contributed by atoms with van der Waals surface area (Å²) >= 11 is 6.25. The molecule has 214 valence electrons. The Bertz CT molecular complexity index is 1470. The Labute approximate surface area is 236 Å². The molecule has 0 unspecified atom stereocenters. The van der Waals surface area contributed by atoms with E-state index in [-0.39, 0.29) is 22.9 Å². The van der Waals surface area contributed by atoms with Crippen LogP contribution in [-0.2, 0) is 32.3 Å². The number of carbonyl (C=O) groups excluding carboxylic acids is 2. The molecular formula is C28H29ClF3N3O4S. The van der Waals surface area contributed by atoms with Gasteiger partial charge in [-0.1, -0.05) is 61.0 Å². The summed E-state index contributed by atoms with van der Waals surface area (Å²) in [4.78, 5) is 27.7. The number of anilines is 1. The predicted molar refractivity (Wildman–Crippen MR) is 147 cm³/mol. The van der Waals surface area contributed by atoms with Gasteiger partial charge >= 0.3 is 6.18 Å². The molecule has 12 heteroatoms. The summed E-state index contributed by atoms with van der Waals surface area (Å²) in [5, 5.41) is 2.21. The van der Waals surface area contributed by atoms with Crippen LogP contribution >= 0.6 is 11.6 Å². The van der Waals surface area contributed by atoms with Crippen molar-refractivity contribution in [2.75, 3.05) is 17.9 Å². The lowest BCUT2D eigenvalue weighted by atomic mass is 10.1. The molecule has 0 aromatic heterocycles. The fraction of sp³-hybridized carbons (Fsp3) is 0.286. The number of nitrogens with zero attached hydrogens (tertiary/aromatic N) is 2. The maximum Gasteiger partial charge on any atom is 0.416 e. The van der Waals surface area contributed by atoms with Gasteiger partial charge in [-0.2, -0.15) is 13.2 Å². The maximum atomic E-state index is 13.9. The zero-order valence-corrected chi connectivity index (χ0v) is 23.6. The van der Waals surface area contributed by atoms with Crippen molar-refractivity contribution < 1.29 is 31.2 Å². The highest BCUT2D eigenvalue weighted by Crippen LogP contribution is 2.37. The van der Waals surface area contributed by atoms with E-state index in [2.05, 4.69) is 5.32 Å². The van der Waals surface area contributed by atoms with E-state index in [0.717, 1.165) is 17.7 Å². The zero-order chi connectivity index (χ0) is 29.7. The molecule has 3 aromatic carbocycles. The van der Waals surface area contributed by atoms with Crippen molar-refractivity contribution in [3.8, 4) is 0 Å². The summed E-state index contributed by atoms with van der Waals surface area (Å²) in [6.07, 6.45) is -4.60. The smallest absolute Gasteiger partial charge is 0.357 e. The first-order valence-electron chi connectivity index (χ1n) is 12.3. The number of rotatable bonds is 10. The topological polar surface area (TPSA) is 86.8 Å². The quantitative estimate of drug-likeness (QED) is 0.339. The molecule has 0 heterocycles. The molecule has 0 bridgehead atoms. The first-order chi connectivity index (χ1) is 18.8. The van der Waals surface area contributed by atoms with E-state index in [9.17, 15) is 31.2 Å². The highest BCUT2D eigenvalue weighted by molar-refractivity contribution is 7.92. The van der Waals surface area contributed by atoms with Crippen molar-refractivity contribution in [1.82, 2.24) is 10.2 Å². The second-order valence-corrected chi connectivity index (χ2v) is 11.2. The van der Waals surface area contributed by atoms with Gasteiger partial charge in [0, 0.05) is 13.6 Å². The number of hydrogen-bond acceptors (Lipinski definition) is 4. The Morgan fingerprint density at radius 2 is 1.62 bits per heavy atom. The molecule has 1 atom stereocenters. The van der Waals surface area contributed by atoms with Crippen molar-refractivity contribution in [3.05, 3.63) is 94.5 Å².